The Morgan fingerprint density at radius 2 is 1.60 bits per heavy atom. The third kappa shape index (κ3) is 2.29. The van der Waals surface area contributed by atoms with Crippen LogP contribution in [0.5, 0.6) is 0 Å². The molecule has 0 bridgehead atoms. The van der Waals surface area contributed by atoms with Crippen LogP contribution < -0.4 is 0 Å². The van der Waals surface area contributed by atoms with Gasteiger partial charge in [-0.1, -0.05) is 62.2 Å². The summed E-state index contributed by atoms with van der Waals surface area (Å²) in [6.07, 6.45) is 0. The van der Waals surface area contributed by atoms with Crippen molar-refractivity contribution in [1.29, 1.82) is 0 Å². The van der Waals surface area contributed by atoms with Crippen molar-refractivity contribution in [2.75, 3.05) is 0 Å². The van der Waals surface area contributed by atoms with Crippen LogP contribution in [0.15, 0.2) is 51.4 Å². The van der Waals surface area contributed by atoms with Gasteiger partial charge in [0.15, 0.2) is 0 Å². The molecule has 2 aromatic rings. The molecule has 0 heterocycles. The molecule has 15 heavy (non-hydrogen) atoms. The van der Waals surface area contributed by atoms with E-state index in [1.807, 2.05) is 36.4 Å². The Hall–Kier alpha value is -0.670. The lowest BCUT2D eigenvalue weighted by atomic mass is 10.1. The van der Waals surface area contributed by atoms with Crippen LogP contribution in [0.1, 0.15) is 0 Å². The number of hydrogen-bond acceptors (Lipinski definition) is 0. The van der Waals surface area contributed by atoms with E-state index in [0.717, 1.165) is 14.5 Å². The normalized spacial score (nSPS) is 10.3. The first-order valence-electron chi connectivity index (χ1n) is 4.38. The smallest absolute Gasteiger partial charge is 0.133 e. The second-order valence-corrected chi connectivity index (χ2v) is 4.88. The zero-order chi connectivity index (χ0) is 10.8. The molecule has 0 saturated heterocycles. The maximum atomic E-state index is 13.7. The maximum Gasteiger partial charge on any atom is 0.133 e. The highest BCUT2D eigenvalue weighted by molar-refractivity contribution is 9.11. The molecule has 2 aromatic carbocycles. The lowest BCUT2D eigenvalue weighted by Gasteiger charge is -2.06. The molecule has 0 atom stereocenters. The van der Waals surface area contributed by atoms with Crippen molar-refractivity contribution in [3.63, 3.8) is 0 Å². The fourth-order valence-corrected chi connectivity index (χ4v) is 2.82. The second kappa shape index (κ2) is 4.45. The lowest BCUT2D eigenvalue weighted by molar-refractivity contribution is 0.629. The Balaban J connectivity index is 2.64. The van der Waals surface area contributed by atoms with Crippen LogP contribution in [0.2, 0.25) is 0 Å². The zero-order valence-corrected chi connectivity index (χ0v) is 10.8. The Bertz CT molecular complexity index is 457. The summed E-state index contributed by atoms with van der Waals surface area (Å²) in [5.74, 6) is -0.234. The number of rotatable bonds is 1. The van der Waals surface area contributed by atoms with E-state index < -0.39 is 0 Å². The van der Waals surface area contributed by atoms with Crippen molar-refractivity contribution in [2.24, 2.45) is 0 Å². The van der Waals surface area contributed by atoms with Crippen LogP contribution in [0, 0.1) is 5.82 Å². The lowest BCUT2D eigenvalue weighted by Crippen LogP contribution is -1.86. The largest absolute Gasteiger partial charge is 0.206 e. The van der Waals surface area contributed by atoms with Gasteiger partial charge in [-0.15, -0.1) is 0 Å². The van der Waals surface area contributed by atoms with Crippen molar-refractivity contribution < 1.29 is 4.39 Å². The molecule has 0 spiro atoms. The molecule has 76 valence electrons. The molecule has 0 amide bonds. The van der Waals surface area contributed by atoms with Gasteiger partial charge < -0.3 is 0 Å². The highest BCUT2D eigenvalue weighted by atomic mass is 79.9. The van der Waals surface area contributed by atoms with Crippen LogP contribution in [-0.2, 0) is 0 Å². The van der Waals surface area contributed by atoms with E-state index in [1.54, 1.807) is 0 Å². The monoisotopic (exact) mass is 328 g/mol. The van der Waals surface area contributed by atoms with Gasteiger partial charge in [-0.25, -0.2) is 4.39 Å². The van der Waals surface area contributed by atoms with Gasteiger partial charge in [0.2, 0.25) is 0 Å². The molecule has 0 aliphatic carbocycles. The molecule has 2 rings (SSSR count). The summed E-state index contributed by atoms with van der Waals surface area (Å²) in [5.41, 5.74) is 1.47. The molecule has 0 N–H and O–H groups in total. The summed E-state index contributed by atoms with van der Waals surface area (Å²) < 4.78 is 15.2. The molecule has 0 aliphatic rings. The van der Waals surface area contributed by atoms with Crippen LogP contribution >= 0.6 is 31.9 Å². The summed E-state index contributed by atoms with van der Waals surface area (Å²) in [7, 11) is 0. The van der Waals surface area contributed by atoms with Crippen molar-refractivity contribution in [2.45, 2.75) is 0 Å². The van der Waals surface area contributed by atoms with Crippen molar-refractivity contribution in [3.05, 3.63) is 57.2 Å². The summed E-state index contributed by atoms with van der Waals surface area (Å²) in [6, 6.07) is 12.8. The van der Waals surface area contributed by atoms with Crippen LogP contribution in [0.4, 0.5) is 4.39 Å². The first-order valence-corrected chi connectivity index (χ1v) is 5.97. The minimum Gasteiger partial charge on any atom is -0.206 e. The Morgan fingerprint density at radius 1 is 0.933 bits per heavy atom. The summed E-state index contributed by atoms with van der Waals surface area (Å²) in [5, 5.41) is 0. The first-order chi connectivity index (χ1) is 7.18. The molecule has 0 aliphatic heterocycles. The topological polar surface area (TPSA) is 0 Å². The van der Waals surface area contributed by atoms with E-state index in [-0.39, 0.29) is 5.82 Å². The van der Waals surface area contributed by atoms with E-state index in [2.05, 4.69) is 31.9 Å². The number of benzene rings is 2. The van der Waals surface area contributed by atoms with Crippen LogP contribution in [-0.4, -0.2) is 0 Å². The average molecular weight is 330 g/mol. The minimum absolute atomic E-state index is 0.234. The molecular weight excluding hydrogens is 323 g/mol. The molecule has 0 radical (unpaired) electrons. The Kier molecular flexibility index (Phi) is 3.22. The van der Waals surface area contributed by atoms with Gasteiger partial charge in [-0.3, -0.25) is 0 Å². The maximum absolute atomic E-state index is 13.7. The average Bonchev–Trinajstić information content (AvgIpc) is 2.17. The van der Waals surface area contributed by atoms with Crippen LogP contribution in [0.25, 0.3) is 11.1 Å². The highest BCUT2D eigenvalue weighted by Gasteiger charge is 2.09. The molecule has 0 unspecified atom stereocenters. The Labute approximate surface area is 104 Å². The molecule has 0 nitrogen and oxygen atoms in total. The molecule has 0 saturated carbocycles. The fourth-order valence-electron chi connectivity index (χ4n) is 1.42. The van der Waals surface area contributed by atoms with Gasteiger partial charge in [-0.05, 0) is 17.7 Å². The third-order valence-electron chi connectivity index (χ3n) is 2.07. The van der Waals surface area contributed by atoms with Gasteiger partial charge >= 0.3 is 0 Å². The summed E-state index contributed by atoms with van der Waals surface area (Å²) >= 11 is 6.61. The van der Waals surface area contributed by atoms with Crippen molar-refractivity contribution in [1.82, 2.24) is 0 Å². The highest BCUT2D eigenvalue weighted by Crippen LogP contribution is 2.33. The standard InChI is InChI=1S/C12H7Br2F/c13-9-6-10(14)12(11(15)7-9)8-4-2-1-3-5-8/h1-7H. The predicted molar refractivity (Wildman–Crippen MR) is 67.2 cm³/mol. The Morgan fingerprint density at radius 3 is 2.20 bits per heavy atom. The van der Waals surface area contributed by atoms with E-state index in [0.29, 0.717) is 5.56 Å². The third-order valence-corrected chi connectivity index (χ3v) is 3.15. The fraction of sp³-hybridized carbons (Fsp3) is 0. The quantitative estimate of drug-likeness (QED) is 0.689. The SMILES string of the molecule is Fc1cc(Br)cc(Br)c1-c1ccccc1. The molecule has 0 fully saturated rings. The predicted octanol–water partition coefficient (Wildman–Crippen LogP) is 5.02. The zero-order valence-electron chi connectivity index (χ0n) is 7.68. The van der Waals surface area contributed by atoms with Gasteiger partial charge in [0.05, 0.1) is 0 Å². The second-order valence-electron chi connectivity index (χ2n) is 3.11. The van der Waals surface area contributed by atoms with Gasteiger partial charge in [0, 0.05) is 14.5 Å². The van der Waals surface area contributed by atoms with E-state index in [1.165, 1.54) is 6.07 Å². The number of halogens is 3. The molecule has 0 aromatic heterocycles. The number of hydrogen-bond donors (Lipinski definition) is 0. The summed E-state index contributed by atoms with van der Waals surface area (Å²) in [4.78, 5) is 0. The minimum atomic E-state index is -0.234. The van der Waals surface area contributed by atoms with E-state index in [9.17, 15) is 4.39 Å². The van der Waals surface area contributed by atoms with Crippen molar-refractivity contribution in [3.8, 4) is 11.1 Å². The van der Waals surface area contributed by atoms with E-state index in [4.69, 9.17) is 0 Å². The van der Waals surface area contributed by atoms with Gasteiger partial charge in [0.1, 0.15) is 5.82 Å². The van der Waals surface area contributed by atoms with E-state index >= 15 is 0 Å². The van der Waals surface area contributed by atoms with Crippen LogP contribution in [0.3, 0.4) is 0 Å². The van der Waals surface area contributed by atoms with Gasteiger partial charge in [0.25, 0.3) is 0 Å². The van der Waals surface area contributed by atoms with Crippen molar-refractivity contribution >= 4 is 31.9 Å². The molecular formula is C12H7Br2F. The molecule has 3 heteroatoms. The first kappa shape index (κ1) is 10.8. The van der Waals surface area contributed by atoms with Gasteiger partial charge in [-0.2, -0.15) is 0 Å². The summed E-state index contributed by atoms with van der Waals surface area (Å²) in [6.45, 7) is 0.